The number of ether oxygens (including phenoxy) is 1. The van der Waals surface area contributed by atoms with Crippen molar-refractivity contribution in [2.45, 2.75) is 38.5 Å². The third kappa shape index (κ3) is 3.13. The Labute approximate surface area is 113 Å². The summed E-state index contributed by atoms with van der Waals surface area (Å²) in [5, 5.41) is 0. The Balaban J connectivity index is 1.97. The summed E-state index contributed by atoms with van der Waals surface area (Å²) in [7, 11) is 1.64. The molecule has 0 aromatic carbocycles. The van der Waals surface area contributed by atoms with Crippen molar-refractivity contribution in [3.05, 3.63) is 18.2 Å². The number of piperidine rings is 1. The van der Waals surface area contributed by atoms with Crippen LogP contribution in [0.25, 0.3) is 0 Å². The van der Waals surface area contributed by atoms with Gasteiger partial charge in [-0.15, -0.1) is 0 Å². The summed E-state index contributed by atoms with van der Waals surface area (Å²) in [4.78, 5) is 18.3. The second kappa shape index (κ2) is 6.16. The number of methoxy groups -OCH3 is 1. The summed E-state index contributed by atoms with van der Waals surface area (Å²) in [5.74, 6) is 1.03. The van der Waals surface area contributed by atoms with Crippen molar-refractivity contribution in [3.8, 4) is 0 Å². The van der Waals surface area contributed by atoms with Gasteiger partial charge < -0.3 is 19.9 Å². The number of nitrogens with zero attached hydrogens (tertiary/aromatic N) is 3. The quantitative estimate of drug-likeness (QED) is 0.834. The van der Waals surface area contributed by atoms with Crippen molar-refractivity contribution in [1.29, 1.82) is 0 Å². The molecule has 0 bridgehead atoms. The summed E-state index contributed by atoms with van der Waals surface area (Å²) in [6, 6.07) is 0.0218. The molecule has 2 atom stereocenters. The van der Waals surface area contributed by atoms with Crippen LogP contribution < -0.4 is 5.73 Å². The Kier molecular flexibility index (Phi) is 4.55. The molecule has 0 radical (unpaired) electrons. The maximum Gasteiger partial charge on any atom is 0.242 e. The first-order chi connectivity index (χ1) is 9.15. The van der Waals surface area contributed by atoms with E-state index in [0.717, 1.165) is 18.7 Å². The molecule has 1 aromatic rings. The fourth-order valence-corrected chi connectivity index (χ4v) is 2.45. The van der Waals surface area contributed by atoms with Crippen molar-refractivity contribution in [2.75, 3.05) is 20.2 Å². The van der Waals surface area contributed by atoms with Crippen LogP contribution in [0.15, 0.2) is 12.4 Å². The van der Waals surface area contributed by atoms with E-state index in [-0.39, 0.29) is 18.1 Å². The van der Waals surface area contributed by atoms with E-state index in [0.29, 0.717) is 19.6 Å². The molecular weight excluding hydrogens is 244 g/mol. The van der Waals surface area contributed by atoms with E-state index in [1.165, 1.54) is 0 Å². The lowest BCUT2D eigenvalue weighted by molar-refractivity contribution is -0.135. The normalized spacial score (nSPS) is 23.6. The number of hydrogen-bond acceptors (Lipinski definition) is 4. The second-order valence-electron chi connectivity index (χ2n) is 4.89. The molecule has 106 valence electrons. The maximum atomic E-state index is 12.3. The van der Waals surface area contributed by atoms with Crippen LogP contribution in [0.4, 0.5) is 0 Å². The van der Waals surface area contributed by atoms with Gasteiger partial charge in [-0.3, -0.25) is 4.79 Å². The Hall–Kier alpha value is -1.40. The lowest BCUT2D eigenvalue weighted by Gasteiger charge is -2.36. The number of carbonyl (C=O) groups is 1. The number of hydrogen-bond donors (Lipinski definition) is 1. The minimum Gasteiger partial charge on any atom is -0.378 e. The molecule has 0 spiro atoms. The Morgan fingerprint density at radius 2 is 2.42 bits per heavy atom. The van der Waals surface area contributed by atoms with Gasteiger partial charge in [0, 0.05) is 45.1 Å². The van der Waals surface area contributed by atoms with Crippen LogP contribution in [0.1, 0.15) is 19.2 Å². The number of carbonyl (C=O) groups excluding carboxylic acids is 1. The molecule has 2 heterocycles. The number of aryl methyl sites for hydroxylation is 1. The molecule has 1 aromatic heterocycles. The fourth-order valence-electron chi connectivity index (χ4n) is 2.45. The van der Waals surface area contributed by atoms with Crippen molar-refractivity contribution in [3.63, 3.8) is 0 Å². The summed E-state index contributed by atoms with van der Waals surface area (Å²) in [6.45, 7) is 3.65. The number of nitrogens with two attached hydrogens (primary N) is 1. The lowest BCUT2D eigenvalue weighted by atomic mass is 10.0. The highest BCUT2D eigenvalue weighted by atomic mass is 16.5. The second-order valence-corrected chi connectivity index (χ2v) is 4.89. The smallest absolute Gasteiger partial charge is 0.242 e. The molecule has 1 amide bonds. The van der Waals surface area contributed by atoms with Crippen molar-refractivity contribution >= 4 is 5.91 Å². The van der Waals surface area contributed by atoms with Crippen LogP contribution in [0.5, 0.6) is 0 Å². The van der Waals surface area contributed by atoms with Gasteiger partial charge in [0.15, 0.2) is 0 Å². The summed E-state index contributed by atoms with van der Waals surface area (Å²) < 4.78 is 7.23. The van der Waals surface area contributed by atoms with Gasteiger partial charge >= 0.3 is 0 Å². The van der Waals surface area contributed by atoms with Crippen molar-refractivity contribution in [2.24, 2.45) is 5.73 Å². The Morgan fingerprint density at radius 3 is 3.11 bits per heavy atom. The molecule has 1 aliphatic rings. The van der Waals surface area contributed by atoms with Gasteiger partial charge in [0.2, 0.25) is 5.91 Å². The predicted octanol–water partition coefficient (Wildman–Crippen LogP) is 0.0201. The zero-order chi connectivity index (χ0) is 13.8. The predicted molar refractivity (Wildman–Crippen MR) is 71.6 cm³/mol. The van der Waals surface area contributed by atoms with Gasteiger partial charge in [-0.05, 0) is 6.42 Å². The highest BCUT2D eigenvalue weighted by Crippen LogP contribution is 2.13. The van der Waals surface area contributed by atoms with E-state index in [4.69, 9.17) is 10.5 Å². The van der Waals surface area contributed by atoms with Gasteiger partial charge in [0.1, 0.15) is 12.4 Å². The lowest BCUT2D eigenvalue weighted by Crippen LogP contribution is -2.53. The van der Waals surface area contributed by atoms with Crippen LogP contribution in [-0.4, -0.2) is 52.7 Å². The van der Waals surface area contributed by atoms with E-state index < -0.39 is 0 Å². The topological polar surface area (TPSA) is 73.4 Å². The highest BCUT2D eigenvalue weighted by molar-refractivity contribution is 5.76. The molecule has 2 N–H and O–H groups in total. The molecule has 6 nitrogen and oxygen atoms in total. The molecule has 0 unspecified atom stereocenters. The molecule has 1 fully saturated rings. The molecule has 0 aliphatic carbocycles. The van der Waals surface area contributed by atoms with E-state index in [2.05, 4.69) is 4.98 Å². The van der Waals surface area contributed by atoms with Gasteiger partial charge in [0.25, 0.3) is 0 Å². The number of aromatic nitrogens is 2. The van der Waals surface area contributed by atoms with Crippen molar-refractivity contribution in [1.82, 2.24) is 14.5 Å². The van der Waals surface area contributed by atoms with Crippen LogP contribution >= 0.6 is 0 Å². The van der Waals surface area contributed by atoms with Gasteiger partial charge in [-0.2, -0.15) is 0 Å². The number of imidazole rings is 1. The third-order valence-corrected chi connectivity index (χ3v) is 3.69. The molecule has 1 aliphatic heterocycles. The summed E-state index contributed by atoms with van der Waals surface area (Å²) in [6.07, 6.45) is 5.13. The first-order valence-electron chi connectivity index (χ1n) is 6.71. The minimum absolute atomic E-state index is 0.0218. The monoisotopic (exact) mass is 266 g/mol. The van der Waals surface area contributed by atoms with Crippen molar-refractivity contribution < 1.29 is 9.53 Å². The van der Waals surface area contributed by atoms with Crippen LogP contribution in [-0.2, 0) is 22.5 Å². The van der Waals surface area contributed by atoms with Crippen LogP contribution in [0.3, 0.4) is 0 Å². The zero-order valence-corrected chi connectivity index (χ0v) is 11.6. The van der Waals surface area contributed by atoms with E-state index in [1.807, 2.05) is 22.6 Å². The number of rotatable bonds is 4. The van der Waals surface area contributed by atoms with E-state index >= 15 is 0 Å². The molecule has 0 saturated carbocycles. The first kappa shape index (κ1) is 14.0. The van der Waals surface area contributed by atoms with E-state index in [9.17, 15) is 4.79 Å². The Bertz CT molecular complexity index is 432. The summed E-state index contributed by atoms with van der Waals surface area (Å²) in [5.41, 5.74) is 5.96. The van der Waals surface area contributed by atoms with Crippen LogP contribution in [0.2, 0.25) is 0 Å². The van der Waals surface area contributed by atoms with Gasteiger partial charge in [0.05, 0.1) is 6.10 Å². The average molecular weight is 266 g/mol. The molecule has 2 rings (SSSR count). The summed E-state index contributed by atoms with van der Waals surface area (Å²) >= 11 is 0. The van der Waals surface area contributed by atoms with Gasteiger partial charge in [-0.25, -0.2) is 4.98 Å². The minimum atomic E-state index is -0.0638. The SMILES string of the molecule is CCc1nccn1CC(=O)N1CC[C@@H](N)[C@@H](OC)C1. The fraction of sp³-hybridized carbons (Fsp3) is 0.692. The number of likely N-dealkylation sites (tertiary alicyclic amines) is 1. The molecule has 6 heteroatoms. The first-order valence-corrected chi connectivity index (χ1v) is 6.71. The average Bonchev–Trinajstić information content (AvgIpc) is 2.86. The molecule has 1 saturated heterocycles. The molecular formula is C13H22N4O2. The maximum absolute atomic E-state index is 12.3. The number of amides is 1. The largest absolute Gasteiger partial charge is 0.378 e. The highest BCUT2D eigenvalue weighted by Gasteiger charge is 2.29. The zero-order valence-electron chi connectivity index (χ0n) is 11.6. The molecule has 19 heavy (non-hydrogen) atoms. The standard InChI is InChI=1S/C13H22N4O2/c1-3-12-15-5-7-16(12)9-13(18)17-6-4-10(14)11(8-17)19-2/h5,7,10-11H,3-4,6,8-9,14H2,1-2H3/t10-,11+/m1/s1. The van der Waals surface area contributed by atoms with Gasteiger partial charge in [-0.1, -0.05) is 6.92 Å². The van der Waals surface area contributed by atoms with E-state index in [1.54, 1.807) is 13.3 Å². The van der Waals surface area contributed by atoms with Crippen LogP contribution in [0, 0.1) is 0 Å². The third-order valence-electron chi connectivity index (χ3n) is 3.69. The Morgan fingerprint density at radius 1 is 1.63 bits per heavy atom.